The third-order valence-corrected chi connectivity index (χ3v) is 2.77. The molecule has 0 aliphatic heterocycles. The van der Waals surface area contributed by atoms with Crippen LogP contribution in [0.2, 0.25) is 0 Å². The summed E-state index contributed by atoms with van der Waals surface area (Å²) in [6.07, 6.45) is -1.57. The van der Waals surface area contributed by atoms with Crippen molar-refractivity contribution < 1.29 is 14.6 Å². The van der Waals surface area contributed by atoms with Crippen LogP contribution in [0.15, 0.2) is 29.1 Å². The number of esters is 1. The maximum Gasteiger partial charge on any atom is 0.342 e. The fourth-order valence-electron chi connectivity index (χ4n) is 1.81. The van der Waals surface area contributed by atoms with Crippen LogP contribution < -0.4 is 5.56 Å². The average Bonchev–Trinajstić information content (AvgIpc) is 2.42. The van der Waals surface area contributed by atoms with Gasteiger partial charge in [-0.1, -0.05) is 12.1 Å². The molecule has 19 heavy (non-hydrogen) atoms. The summed E-state index contributed by atoms with van der Waals surface area (Å²) in [5.74, 6) is -0.845. The summed E-state index contributed by atoms with van der Waals surface area (Å²) in [6.45, 7) is 1.79. The molecule has 1 N–H and O–H groups in total. The quantitative estimate of drug-likeness (QED) is 0.816. The Bertz CT molecular complexity index is 678. The number of nitrogens with zero attached hydrogens (tertiary/aromatic N) is 2. The molecule has 1 heterocycles. The predicted octanol–water partition coefficient (Wildman–Crippen LogP) is 0.530. The minimum atomic E-state index is -1.57. The van der Waals surface area contributed by atoms with Gasteiger partial charge in [-0.2, -0.15) is 0 Å². The van der Waals surface area contributed by atoms with Crippen molar-refractivity contribution in [1.29, 1.82) is 0 Å². The number of rotatable bonds is 3. The summed E-state index contributed by atoms with van der Waals surface area (Å²) < 4.78 is 5.88. The Hall–Kier alpha value is -2.21. The van der Waals surface area contributed by atoms with Crippen molar-refractivity contribution >= 4 is 16.9 Å². The van der Waals surface area contributed by atoms with E-state index in [1.807, 2.05) is 0 Å². The Balaban J connectivity index is 2.58. The lowest BCUT2D eigenvalue weighted by atomic mass is 10.2. The highest BCUT2D eigenvalue weighted by Gasteiger charge is 2.24. The third kappa shape index (κ3) is 2.34. The Labute approximate surface area is 109 Å². The van der Waals surface area contributed by atoms with Crippen LogP contribution in [0.25, 0.3) is 10.9 Å². The molecule has 0 radical (unpaired) electrons. The monoisotopic (exact) mass is 262 g/mol. The summed E-state index contributed by atoms with van der Waals surface area (Å²) in [4.78, 5) is 27.8. The van der Waals surface area contributed by atoms with Crippen LogP contribution in [0.3, 0.4) is 0 Å². The first kappa shape index (κ1) is 13.2. The van der Waals surface area contributed by atoms with Crippen LogP contribution in [-0.4, -0.2) is 27.2 Å². The molecule has 2 rings (SSSR count). The Kier molecular flexibility index (Phi) is 3.62. The van der Waals surface area contributed by atoms with Gasteiger partial charge in [0.1, 0.15) is 0 Å². The van der Waals surface area contributed by atoms with E-state index in [-0.39, 0.29) is 18.0 Å². The number of carbonyl (C=O) groups is 1. The summed E-state index contributed by atoms with van der Waals surface area (Å²) in [5, 5.41) is 10.3. The standard InChI is InChI=1S/C13H14N2O4/c1-3-19-13(18)10(16)11-14-9-7-5-4-6-8(9)12(17)15(11)2/h4-7,10,16H,3H2,1-2H3. The van der Waals surface area contributed by atoms with Gasteiger partial charge < -0.3 is 9.84 Å². The van der Waals surface area contributed by atoms with Gasteiger partial charge in [0.25, 0.3) is 5.56 Å². The molecule has 0 saturated carbocycles. The van der Waals surface area contributed by atoms with E-state index in [0.717, 1.165) is 4.57 Å². The predicted molar refractivity (Wildman–Crippen MR) is 68.6 cm³/mol. The van der Waals surface area contributed by atoms with Gasteiger partial charge in [-0.05, 0) is 19.1 Å². The lowest BCUT2D eigenvalue weighted by molar-refractivity contribution is -0.153. The lowest BCUT2D eigenvalue weighted by Crippen LogP contribution is -2.28. The number of carbonyl (C=O) groups excluding carboxylic acids is 1. The van der Waals surface area contributed by atoms with E-state index < -0.39 is 12.1 Å². The van der Waals surface area contributed by atoms with E-state index in [4.69, 9.17) is 4.74 Å². The number of hydrogen-bond acceptors (Lipinski definition) is 5. The van der Waals surface area contributed by atoms with Crippen molar-refractivity contribution in [2.24, 2.45) is 7.05 Å². The first-order valence-corrected chi connectivity index (χ1v) is 5.86. The Morgan fingerprint density at radius 2 is 2.16 bits per heavy atom. The maximum absolute atomic E-state index is 12.1. The second-order valence-electron chi connectivity index (χ2n) is 4.01. The first-order valence-electron chi connectivity index (χ1n) is 5.86. The largest absolute Gasteiger partial charge is 0.464 e. The van der Waals surface area contributed by atoms with Crippen LogP contribution >= 0.6 is 0 Å². The molecule has 0 aliphatic rings. The summed E-state index contributed by atoms with van der Waals surface area (Å²) in [6, 6.07) is 6.76. The zero-order valence-electron chi connectivity index (χ0n) is 10.7. The van der Waals surface area contributed by atoms with Gasteiger partial charge in [-0.15, -0.1) is 0 Å². The molecule has 0 fully saturated rings. The summed E-state index contributed by atoms with van der Waals surface area (Å²) in [7, 11) is 1.46. The molecule has 0 saturated heterocycles. The van der Waals surface area contributed by atoms with Gasteiger partial charge >= 0.3 is 5.97 Å². The number of aliphatic hydroxyl groups excluding tert-OH is 1. The van der Waals surface area contributed by atoms with E-state index in [1.165, 1.54) is 7.05 Å². The number of hydrogen-bond donors (Lipinski definition) is 1. The number of aliphatic hydroxyl groups is 1. The van der Waals surface area contributed by atoms with Gasteiger partial charge in [-0.25, -0.2) is 9.78 Å². The van der Waals surface area contributed by atoms with E-state index in [9.17, 15) is 14.7 Å². The maximum atomic E-state index is 12.1. The molecule has 6 nitrogen and oxygen atoms in total. The van der Waals surface area contributed by atoms with Crippen molar-refractivity contribution in [3.05, 3.63) is 40.4 Å². The van der Waals surface area contributed by atoms with Crippen molar-refractivity contribution in [2.45, 2.75) is 13.0 Å². The highest BCUT2D eigenvalue weighted by atomic mass is 16.5. The average molecular weight is 262 g/mol. The SMILES string of the molecule is CCOC(=O)C(O)c1nc2ccccc2c(=O)n1C. The van der Waals surface area contributed by atoms with Crippen LogP contribution in [0.4, 0.5) is 0 Å². The molecule has 100 valence electrons. The minimum Gasteiger partial charge on any atom is -0.464 e. The van der Waals surface area contributed by atoms with Crippen molar-refractivity contribution in [3.63, 3.8) is 0 Å². The van der Waals surface area contributed by atoms with E-state index >= 15 is 0 Å². The summed E-state index contributed by atoms with van der Waals surface area (Å²) in [5.41, 5.74) is 0.118. The van der Waals surface area contributed by atoms with Crippen LogP contribution in [0, 0.1) is 0 Å². The number of fused-ring (bicyclic) bond motifs is 1. The van der Waals surface area contributed by atoms with Crippen molar-refractivity contribution in [1.82, 2.24) is 9.55 Å². The molecule has 0 spiro atoms. The zero-order chi connectivity index (χ0) is 14.0. The van der Waals surface area contributed by atoms with E-state index in [0.29, 0.717) is 10.9 Å². The molecule has 0 amide bonds. The minimum absolute atomic E-state index is 0.0258. The molecule has 1 atom stereocenters. The molecule has 0 aliphatic carbocycles. The van der Waals surface area contributed by atoms with Crippen molar-refractivity contribution in [3.8, 4) is 0 Å². The molecule has 0 bridgehead atoms. The van der Waals surface area contributed by atoms with Crippen LogP contribution in [0.1, 0.15) is 18.9 Å². The van der Waals surface area contributed by atoms with Gasteiger partial charge in [-0.3, -0.25) is 9.36 Å². The zero-order valence-corrected chi connectivity index (χ0v) is 10.7. The molecular formula is C13H14N2O4. The van der Waals surface area contributed by atoms with Gasteiger partial charge in [0.2, 0.25) is 6.10 Å². The van der Waals surface area contributed by atoms with Gasteiger partial charge in [0, 0.05) is 7.05 Å². The highest BCUT2D eigenvalue weighted by molar-refractivity contribution is 5.79. The van der Waals surface area contributed by atoms with Crippen LogP contribution in [0.5, 0.6) is 0 Å². The second-order valence-corrected chi connectivity index (χ2v) is 4.01. The number of benzene rings is 1. The van der Waals surface area contributed by atoms with Crippen molar-refractivity contribution in [2.75, 3.05) is 6.61 Å². The smallest absolute Gasteiger partial charge is 0.342 e. The molecule has 6 heteroatoms. The first-order chi connectivity index (χ1) is 9.06. The fourth-order valence-corrected chi connectivity index (χ4v) is 1.81. The highest BCUT2D eigenvalue weighted by Crippen LogP contribution is 2.14. The van der Waals surface area contributed by atoms with Crippen LogP contribution in [-0.2, 0) is 16.6 Å². The van der Waals surface area contributed by atoms with E-state index in [2.05, 4.69) is 4.98 Å². The third-order valence-electron chi connectivity index (χ3n) is 2.77. The molecule has 1 aromatic carbocycles. The number of para-hydroxylation sites is 1. The second kappa shape index (κ2) is 5.19. The molecule has 1 unspecified atom stereocenters. The van der Waals surface area contributed by atoms with Gasteiger partial charge in [0.15, 0.2) is 5.82 Å². The number of ether oxygens (including phenoxy) is 1. The van der Waals surface area contributed by atoms with Gasteiger partial charge in [0.05, 0.1) is 17.5 Å². The number of aromatic nitrogens is 2. The normalized spacial score (nSPS) is 12.4. The summed E-state index contributed by atoms with van der Waals surface area (Å²) >= 11 is 0. The van der Waals surface area contributed by atoms with E-state index in [1.54, 1.807) is 31.2 Å². The fraction of sp³-hybridized carbons (Fsp3) is 0.308. The molecular weight excluding hydrogens is 248 g/mol. The Morgan fingerprint density at radius 1 is 1.47 bits per heavy atom. The topological polar surface area (TPSA) is 81.4 Å². The Morgan fingerprint density at radius 3 is 2.84 bits per heavy atom. The lowest BCUT2D eigenvalue weighted by Gasteiger charge is -2.13. The molecule has 2 aromatic rings. The molecule has 1 aromatic heterocycles.